The van der Waals surface area contributed by atoms with Gasteiger partial charge in [0.25, 0.3) is 0 Å². The zero-order valence-electron chi connectivity index (χ0n) is 18.5. The van der Waals surface area contributed by atoms with Gasteiger partial charge < -0.3 is 9.26 Å². The fourth-order valence-corrected chi connectivity index (χ4v) is 9.09. The Balaban J connectivity index is 1.52. The van der Waals surface area contributed by atoms with Crippen LogP contribution in [0.25, 0.3) is 0 Å². The van der Waals surface area contributed by atoms with Gasteiger partial charge in [0, 0.05) is 11.5 Å². The number of nitrogens with zero attached hydrogens (tertiary/aromatic N) is 1. The number of fused-ring (bicyclic) bond motifs is 5. The minimum Gasteiger partial charge on any atom is -0.415 e. The predicted molar refractivity (Wildman–Crippen MR) is 114 cm³/mol. The quantitative estimate of drug-likeness (QED) is 0.420. The first-order valence-electron chi connectivity index (χ1n) is 11.5. The lowest BCUT2D eigenvalue weighted by Crippen LogP contribution is -2.54. The lowest BCUT2D eigenvalue weighted by atomic mass is 9.45. The third-order valence-corrected chi connectivity index (χ3v) is 10.1. The van der Waals surface area contributed by atoms with E-state index in [1.165, 1.54) is 57.1 Å². The predicted octanol–water partition coefficient (Wildman–Crippen LogP) is 6.25. The van der Waals surface area contributed by atoms with Crippen LogP contribution in [0.4, 0.5) is 0 Å². The summed E-state index contributed by atoms with van der Waals surface area (Å²) in [5.41, 5.74) is 2.21. The van der Waals surface area contributed by atoms with E-state index in [1.54, 1.807) is 7.11 Å². The van der Waals surface area contributed by atoms with E-state index in [-0.39, 0.29) is 0 Å². The first-order chi connectivity index (χ1) is 12.7. The van der Waals surface area contributed by atoms with Crippen molar-refractivity contribution in [2.45, 2.75) is 97.4 Å². The monoisotopic (exact) mass is 391 g/mol. The highest BCUT2D eigenvalue weighted by Gasteiger charge is 2.59. The normalized spacial score (nSPS) is 48.7. The van der Waals surface area contributed by atoms with Crippen molar-refractivity contribution in [1.29, 1.82) is 0 Å². The fraction of sp³-hybridized carbons (Fsp3) is 0.957. The van der Waals surface area contributed by atoms with Crippen molar-refractivity contribution in [2.24, 2.45) is 39.7 Å². The summed E-state index contributed by atoms with van der Waals surface area (Å²) in [4.78, 5) is 5.21. The van der Waals surface area contributed by atoms with E-state index < -0.39 is 8.32 Å². The van der Waals surface area contributed by atoms with Gasteiger partial charge in [0.05, 0.1) is 5.71 Å². The van der Waals surface area contributed by atoms with Crippen molar-refractivity contribution < 1.29 is 9.26 Å². The third kappa shape index (κ3) is 3.33. The summed E-state index contributed by atoms with van der Waals surface area (Å²) in [5, 5.41) is 4.46. The molecule has 0 aromatic carbocycles. The van der Waals surface area contributed by atoms with Gasteiger partial charge in [0.1, 0.15) is 7.11 Å². The van der Waals surface area contributed by atoms with Crippen molar-refractivity contribution in [3.05, 3.63) is 0 Å². The van der Waals surface area contributed by atoms with Gasteiger partial charge in [-0.1, -0.05) is 19.0 Å². The van der Waals surface area contributed by atoms with E-state index >= 15 is 0 Å². The number of oxime groups is 1. The van der Waals surface area contributed by atoms with Gasteiger partial charge in [0.15, 0.2) is 8.32 Å². The highest BCUT2D eigenvalue weighted by molar-refractivity contribution is 6.69. The van der Waals surface area contributed by atoms with Crippen molar-refractivity contribution in [3.8, 4) is 0 Å². The first kappa shape index (κ1) is 19.9. The molecule has 0 aromatic heterocycles. The maximum atomic E-state index is 6.54. The summed E-state index contributed by atoms with van der Waals surface area (Å²) in [6.45, 7) is 12.2. The number of hydrogen-bond acceptors (Lipinski definition) is 3. The van der Waals surface area contributed by atoms with Gasteiger partial charge in [-0.3, -0.25) is 0 Å². The van der Waals surface area contributed by atoms with E-state index in [9.17, 15) is 0 Å². The van der Waals surface area contributed by atoms with Gasteiger partial charge in [-0.05, 0) is 107 Å². The minimum atomic E-state index is -1.43. The van der Waals surface area contributed by atoms with Gasteiger partial charge >= 0.3 is 0 Å². The molecule has 0 amide bonds. The molecule has 7 atom stereocenters. The molecule has 0 aromatic rings. The average Bonchev–Trinajstić information content (AvgIpc) is 2.91. The van der Waals surface area contributed by atoms with Crippen molar-refractivity contribution in [2.75, 3.05) is 7.11 Å². The molecule has 0 spiro atoms. The molecule has 4 fully saturated rings. The van der Waals surface area contributed by atoms with Crippen LogP contribution < -0.4 is 0 Å². The highest BCUT2D eigenvalue weighted by atomic mass is 28.4. The fourth-order valence-electron chi connectivity index (χ4n) is 7.87. The average molecular weight is 392 g/mol. The summed E-state index contributed by atoms with van der Waals surface area (Å²) < 4.78 is 6.54. The highest BCUT2D eigenvalue weighted by Crippen LogP contribution is 2.65. The molecule has 4 saturated carbocycles. The van der Waals surface area contributed by atoms with Crippen LogP contribution in [0.1, 0.15) is 71.6 Å². The Morgan fingerprint density at radius 2 is 1.74 bits per heavy atom. The maximum absolute atomic E-state index is 6.54. The topological polar surface area (TPSA) is 30.8 Å². The molecule has 0 N–H and O–H groups in total. The van der Waals surface area contributed by atoms with Crippen LogP contribution in [0.15, 0.2) is 5.16 Å². The SMILES string of the molecule is CO/N=C1/CC[C@H]2[C@@H]3CC[C@H]4C[C@H](O[Si](C)(C)C)CC[C@]4(C)[C@H]3CC[C@]12C. The molecule has 0 heterocycles. The number of hydrogen-bond donors (Lipinski definition) is 0. The van der Waals surface area contributed by atoms with Crippen LogP contribution in [0.5, 0.6) is 0 Å². The Morgan fingerprint density at radius 3 is 2.44 bits per heavy atom. The molecule has 4 heteroatoms. The lowest BCUT2D eigenvalue weighted by molar-refractivity contribution is -0.111. The molecular formula is C23H41NO2Si. The Hall–Kier alpha value is -0.353. The summed E-state index contributed by atoms with van der Waals surface area (Å²) in [5.74, 6) is 3.54. The zero-order chi connectivity index (χ0) is 19.4. The summed E-state index contributed by atoms with van der Waals surface area (Å²) in [6, 6.07) is 0. The molecule has 0 aliphatic heterocycles. The Morgan fingerprint density at radius 1 is 0.963 bits per heavy atom. The first-order valence-corrected chi connectivity index (χ1v) is 14.9. The van der Waals surface area contributed by atoms with Crippen molar-refractivity contribution in [3.63, 3.8) is 0 Å². The van der Waals surface area contributed by atoms with Crippen LogP contribution in [0.3, 0.4) is 0 Å². The Labute approximate surface area is 167 Å². The van der Waals surface area contributed by atoms with E-state index in [2.05, 4.69) is 38.6 Å². The second-order valence-corrected chi connectivity index (χ2v) is 16.0. The molecule has 0 bridgehead atoms. The molecule has 4 rings (SSSR count). The van der Waals surface area contributed by atoms with E-state index in [4.69, 9.17) is 9.26 Å². The van der Waals surface area contributed by atoms with Crippen molar-refractivity contribution in [1.82, 2.24) is 0 Å². The smallest absolute Gasteiger partial charge is 0.184 e. The molecule has 4 aliphatic rings. The molecule has 0 radical (unpaired) electrons. The minimum absolute atomic E-state index is 0.304. The van der Waals surface area contributed by atoms with Gasteiger partial charge in [-0.2, -0.15) is 0 Å². The van der Waals surface area contributed by atoms with Crippen molar-refractivity contribution >= 4 is 14.0 Å². The van der Waals surface area contributed by atoms with Crippen LogP contribution in [-0.2, 0) is 9.26 Å². The van der Waals surface area contributed by atoms with Crippen LogP contribution in [0, 0.1) is 34.5 Å². The molecule has 4 aliphatic carbocycles. The Bertz CT molecular complexity index is 600. The Kier molecular flexibility index (Phi) is 5.07. The van der Waals surface area contributed by atoms with Crippen LogP contribution in [0.2, 0.25) is 19.6 Å². The standard InChI is InChI=1S/C23H41NO2Si/c1-22-13-11-17(26-27(4,5)6)15-16(22)7-8-18-19-9-10-21(24-25-3)23(19,2)14-12-20(18)22/h16-20H,7-15H2,1-6H3/b24-21-/t16-,17+,18-,19-,20-,22-,23-/m0/s1. The number of rotatable bonds is 3. The summed E-state index contributed by atoms with van der Waals surface area (Å²) >= 11 is 0. The molecule has 3 nitrogen and oxygen atoms in total. The summed E-state index contributed by atoms with van der Waals surface area (Å²) in [6.07, 6.45) is 12.6. The summed E-state index contributed by atoms with van der Waals surface area (Å²) in [7, 11) is 0.283. The van der Waals surface area contributed by atoms with Crippen LogP contribution in [-0.4, -0.2) is 27.2 Å². The van der Waals surface area contributed by atoms with E-state index in [1.807, 2.05) is 0 Å². The molecule has 0 saturated heterocycles. The van der Waals surface area contributed by atoms with Gasteiger partial charge in [-0.15, -0.1) is 0 Å². The lowest BCUT2D eigenvalue weighted by Gasteiger charge is -2.60. The second-order valence-electron chi connectivity index (χ2n) is 11.5. The van der Waals surface area contributed by atoms with E-state index in [0.29, 0.717) is 16.9 Å². The molecular weight excluding hydrogens is 350 g/mol. The van der Waals surface area contributed by atoms with Gasteiger partial charge in [0.2, 0.25) is 0 Å². The van der Waals surface area contributed by atoms with Gasteiger partial charge in [-0.25, -0.2) is 0 Å². The molecule has 0 unspecified atom stereocenters. The zero-order valence-corrected chi connectivity index (χ0v) is 19.5. The van der Waals surface area contributed by atoms with Crippen LogP contribution >= 0.6 is 0 Å². The molecule has 154 valence electrons. The third-order valence-electron chi connectivity index (χ3n) is 9.08. The van der Waals surface area contributed by atoms with E-state index in [0.717, 1.165) is 30.1 Å². The second kappa shape index (κ2) is 6.86. The largest absolute Gasteiger partial charge is 0.415 e. The maximum Gasteiger partial charge on any atom is 0.184 e. The molecule has 27 heavy (non-hydrogen) atoms.